The summed E-state index contributed by atoms with van der Waals surface area (Å²) in [5.74, 6) is 0. The van der Waals surface area contributed by atoms with Gasteiger partial charge in [0.2, 0.25) is 10.3 Å². The molecule has 1 fully saturated rings. The zero-order valence-corrected chi connectivity index (χ0v) is 11.7. The van der Waals surface area contributed by atoms with Crippen molar-refractivity contribution >= 4 is 31.7 Å². The topological polar surface area (TPSA) is 62.3 Å². The Hall–Kier alpha value is -1.92. The normalized spacial score (nSPS) is 16.2. The summed E-state index contributed by atoms with van der Waals surface area (Å²) in [5.41, 5.74) is 0.924. The Kier molecular flexibility index (Phi) is 3.66. The number of hydrogen-bond donors (Lipinski definition) is 1. The lowest BCUT2D eigenvalue weighted by Gasteiger charge is -2.23. The van der Waals surface area contributed by atoms with Crippen LogP contribution in [-0.2, 0) is 10.3 Å². The van der Waals surface area contributed by atoms with Gasteiger partial charge in [-0.3, -0.25) is 4.98 Å². The van der Waals surface area contributed by atoms with Crippen molar-refractivity contribution in [1.29, 1.82) is 0 Å². The van der Waals surface area contributed by atoms with Gasteiger partial charge in [-0.1, -0.05) is 12.1 Å². The van der Waals surface area contributed by atoms with E-state index in [1.807, 2.05) is 29.2 Å². The van der Waals surface area contributed by atoms with Crippen molar-refractivity contribution in [2.24, 2.45) is 0 Å². The highest BCUT2D eigenvalue weighted by atomic mass is 32.2. The second kappa shape index (κ2) is 5.60. The van der Waals surface area contributed by atoms with E-state index in [0.29, 0.717) is 18.1 Å². The van der Waals surface area contributed by atoms with Gasteiger partial charge in [0.05, 0.1) is 6.54 Å². The van der Waals surface area contributed by atoms with Gasteiger partial charge in [-0.25, -0.2) is 0 Å². The highest BCUT2D eigenvalue weighted by Gasteiger charge is 2.19. The summed E-state index contributed by atoms with van der Waals surface area (Å²) in [6, 6.07) is 7.80. The molecular weight excluding hydrogens is 274 g/mol. The van der Waals surface area contributed by atoms with Gasteiger partial charge in [0.25, 0.3) is 0 Å². The predicted octanol–water partition coefficient (Wildman–Crippen LogP) is 1.04. The summed E-state index contributed by atoms with van der Waals surface area (Å²) in [5, 5.41) is 5.18. The number of nitrogens with one attached hydrogen (secondary N) is 1. The Morgan fingerprint density at radius 1 is 1.25 bits per heavy atom. The maximum absolute atomic E-state index is 11.5. The van der Waals surface area contributed by atoms with E-state index >= 15 is 0 Å². The van der Waals surface area contributed by atoms with Crippen molar-refractivity contribution in [3.8, 4) is 0 Å². The second-order valence-electron chi connectivity index (χ2n) is 4.68. The Balaban J connectivity index is 2.20. The van der Waals surface area contributed by atoms with Crippen LogP contribution in [0, 0.1) is 0 Å². The molecule has 0 bridgehead atoms. The Labute approximate surface area is 118 Å². The zero-order valence-electron chi connectivity index (χ0n) is 10.9. The number of nitrogens with zero attached hydrogens (tertiary/aromatic N) is 2. The van der Waals surface area contributed by atoms with Crippen LogP contribution in [0.5, 0.6) is 0 Å². The standard InChI is InChI=1S/C14H15N3O2S/c18-20(19)14-10-15-6-2-8-17(14)13-4-1-3-11-9-16-7-5-12(11)13/h1,3-5,7,9,15H,2,6,8,10H2. The van der Waals surface area contributed by atoms with E-state index in [-0.39, 0.29) is 0 Å². The number of benzene rings is 1. The predicted molar refractivity (Wildman–Crippen MR) is 80.5 cm³/mol. The summed E-state index contributed by atoms with van der Waals surface area (Å²) in [7, 11) is -2.22. The van der Waals surface area contributed by atoms with Crippen LogP contribution in [0.3, 0.4) is 0 Å². The molecule has 1 aromatic heterocycles. The van der Waals surface area contributed by atoms with Crippen LogP contribution in [0.4, 0.5) is 5.69 Å². The summed E-state index contributed by atoms with van der Waals surface area (Å²) >= 11 is 0. The van der Waals surface area contributed by atoms with Crippen LogP contribution in [0.1, 0.15) is 6.42 Å². The average molecular weight is 289 g/mol. The fraction of sp³-hybridized carbons (Fsp3) is 0.286. The first-order valence-corrected chi connectivity index (χ1v) is 7.61. The lowest BCUT2D eigenvalue weighted by Crippen LogP contribution is -2.35. The van der Waals surface area contributed by atoms with Crippen LogP contribution >= 0.6 is 0 Å². The third kappa shape index (κ3) is 2.39. The third-order valence-corrected chi connectivity index (χ3v) is 4.20. The molecule has 5 nitrogen and oxygen atoms in total. The van der Waals surface area contributed by atoms with Gasteiger partial charge in [-0.2, -0.15) is 8.42 Å². The molecule has 1 saturated heterocycles. The smallest absolute Gasteiger partial charge is 0.235 e. The van der Waals surface area contributed by atoms with Crippen molar-refractivity contribution in [3.05, 3.63) is 36.7 Å². The van der Waals surface area contributed by atoms with E-state index in [0.717, 1.165) is 29.4 Å². The number of hydrogen-bond acceptors (Lipinski definition) is 4. The van der Waals surface area contributed by atoms with Gasteiger partial charge in [-0.15, -0.1) is 0 Å². The molecule has 0 amide bonds. The molecule has 0 saturated carbocycles. The molecule has 0 unspecified atom stereocenters. The first-order chi connectivity index (χ1) is 9.77. The monoisotopic (exact) mass is 289 g/mol. The molecule has 0 aliphatic carbocycles. The quantitative estimate of drug-likeness (QED) is 0.795. The van der Waals surface area contributed by atoms with Crippen molar-refractivity contribution in [1.82, 2.24) is 10.3 Å². The first-order valence-electron chi connectivity index (χ1n) is 6.53. The second-order valence-corrected chi connectivity index (χ2v) is 5.63. The molecule has 0 spiro atoms. The molecule has 2 heterocycles. The van der Waals surface area contributed by atoms with Gasteiger partial charge in [0, 0.05) is 35.4 Å². The van der Waals surface area contributed by atoms with Gasteiger partial charge < -0.3 is 10.2 Å². The van der Waals surface area contributed by atoms with Crippen LogP contribution in [0.15, 0.2) is 36.7 Å². The van der Waals surface area contributed by atoms with E-state index in [1.54, 1.807) is 12.4 Å². The molecule has 6 heteroatoms. The van der Waals surface area contributed by atoms with Crippen LogP contribution in [0.2, 0.25) is 0 Å². The summed E-state index contributed by atoms with van der Waals surface area (Å²) in [6.07, 6.45) is 4.43. The number of pyridine rings is 1. The highest BCUT2D eigenvalue weighted by Crippen LogP contribution is 2.26. The van der Waals surface area contributed by atoms with Crippen molar-refractivity contribution in [3.63, 3.8) is 0 Å². The lowest BCUT2D eigenvalue weighted by atomic mass is 10.1. The molecule has 1 N–H and O–H groups in total. The summed E-state index contributed by atoms with van der Waals surface area (Å²) < 4.78 is 23.0. The number of aromatic nitrogens is 1. The van der Waals surface area contributed by atoms with Crippen LogP contribution < -0.4 is 10.2 Å². The van der Waals surface area contributed by atoms with Gasteiger partial charge in [0.1, 0.15) is 0 Å². The summed E-state index contributed by atoms with van der Waals surface area (Å²) in [4.78, 5) is 6.40. The molecule has 0 radical (unpaired) electrons. The van der Waals surface area contributed by atoms with Crippen LogP contribution in [-0.4, -0.2) is 38.0 Å². The zero-order chi connectivity index (χ0) is 13.9. The van der Waals surface area contributed by atoms with E-state index in [4.69, 9.17) is 0 Å². The molecule has 1 aliphatic heterocycles. The van der Waals surface area contributed by atoms with Crippen LogP contribution in [0.25, 0.3) is 10.8 Å². The van der Waals surface area contributed by atoms with Crippen molar-refractivity contribution in [2.45, 2.75) is 6.42 Å². The maximum atomic E-state index is 11.5. The molecule has 104 valence electrons. The molecule has 1 aliphatic rings. The van der Waals surface area contributed by atoms with Gasteiger partial charge >= 0.3 is 0 Å². The average Bonchev–Trinajstić information content (AvgIpc) is 2.72. The molecular formula is C14H15N3O2S. The molecule has 3 rings (SSSR count). The lowest BCUT2D eigenvalue weighted by molar-refractivity contribution is 0.626. The Morgan fingerprint density at radius 3 is 3.00 bits per heavy atom. The molecule has 2 aromatic rings. The Morgan fingerprint density at radius 2 is 2.15 bits per heavy atom. The van der Waals surface area contributed by atoms with E-state index in [9.17, 15) is 8.42 Å². The van der Waals surface area contributed by atoms with Gasteiger partial charge in [0.15, 0.2) is 4.99 Å². The van der Waals surface area contributed by atoms with E-state index in [1.165, 1.54) is 0 Å². The third-order valence-electron chi connectivity index (χ3n) is 3.45. The van der Waals surface area contributed by atoms with E-state index < -0.39 is 10.3 Å². The number of fused-ring (bicyclic) bond motifs is 1. The number of rotatable bonds is 1. The number of anilines is 1. The highest BCUT2D eigenvalue weighted by molar-refractivity contribution is 7.73. The minimum atomic E-state index is -2.22. The molecule has 1 aromatic carbocycles. The van der Waals surface area contributed by atoms with Crippen molar-refractivity contribution < 1.29 is 8.42 Å². The maximum Gasteiger partial charge on any atom is 0.235 e. The van der Waals surface area contributed by atoms with Gasteiger partial charge in [-0.05, 0) is 25.1 Å². The largest absolute Gasteiger partial charge is 0.331 e. The molecule has 0 atom stereocenters. The summed E-state index contributed by atoms with van der Waals surface area (Å²) in [6.45, 7) is 1.89. The minimum absolute atomic E-state index is 0.373. The first kappa shape index (κ1) is 13.1. The Bertz CT molecular complexity index is 758. The SMILES string of the molecule is O=S(=O)=C1CNCCCN1c1cccc2cnccc12. The van der Waals surface area contributed by atoms with Crippen molar-refractivity contribution in [2.75, 3.05) is 24.5 Å². The fourth-order valence-corrected chi connectivity index (χ4v) is 3.11. The fourth-order valence-electron chi connectivity index (χ4n) is 2.52. The minimum Gasteiger partial charge on any atom is -0.331 e. The molecule has 20 heavy (non-hydrogen) atoms. The van der Waals surface area contributed by atoms with E-state index in [2.05, 4.69) is 10.3 Å².